The van der Waals surface area contributed by atoms with Gasteiger partial charge in [0, 0.05) is 29.4 Å². The molecule has 1 aliphatic rings. The number of fused-ring (bicyclic) bond motifs is 1. The molecule has 0 saturated heterocycles. The Hall–Kier alpha value is -2.30. The topological polar surface area (TPSA) is 59.6 Å². The highest BCUT2D eigenvalue weighted by Crippen LogP contribution is 2.30. The molecule has 0 aliphatic heterocycles. The predicted octanol–water partition coefficient (Wildman–Crippen LogP) is 3.00. The van der Waals surface area contributed by atoms with E-state index in [1.807, 2.05) is 35.3 Å². The van der Waals surface area contributed by atoms with Gasteiger partial charge in [0.15, 0.2) is 0 Å². The van der Waals surface area contributed by atoms with Gasteiger partial charge in [-0.25, -0.2) is 0 Å². The average Bonchev–Trinajstić information content (AvgIpc) is 3.00. The van der Waals surface area contributed by atoms with E-state index in [2.05, 4.69) is 17.2 Å². The van der Waals surface area contributed by atoms with Crippen LogP contribution in [-0.4, -0.2) is 20.7 Å². The van der Waals surface area contributed by atoms with Gasteiger partial charge in [0.05, 0.1) is 11.9 Å². The van der Waals surface area contributed by atoms with Crippen LogP contribution in [0.3, 0.4) is 0 Å². The van der Waals surface area contributed by atoms with Gasteiger partial charge in [0.2, 0.25) is 0 Å². The number of hydrogen-bond donors (Lipinski definition) is 1. The Labute approximate surface area is 123 Å². The predicted molar refractivity (Wildman–Crippen MR) is 79.9 cm³/mol. The van der Waals surface area contributed by atoms with Crippen molar-refractivity contribution in [1.29, 1.82) is 0 Å². The molecule has 5 nitrogen and oxygen atoms in total. The number of aromatic nitrogens is 2. The molecule has 0 unspecified atom stereocenters. The third kappa shape index (κ3) is 2.77. The highest BCUT2D eigenvalue weighted by Gasteiger charge is 2.19. The third-order valence-corrected chi connectivity index (χ3v) is 3.81. The lowest BCUT2D eigenvalue weighted by Gasteiger charge is -2.20. The second kappa shape index (κ2) is 5.99. The van der Waals surface area contributed by atoms with Gasteiger partial charge in [0.25, 0.3) is 0 Å². The number of rotatable bonds is 4. The fourth-order valence-corrected chi connectivity index (χ4v) is 2.72. The Morgan fingerprint density at radius 1 is 1.38 bits per heavy atom. The lowest BCUT2D eigenvalue weighted by atomic mass is 9.89. The summed E-state index contributed by atoms with van der Waals surface area (Å²) in [6.07, 6.45) is 6.59. The van der Waals surface area contributed by atoms with E-state index in [-0.39, 0.29) is 0 Å². The minimum absolute atomic E-state index is 0.502. The summed E-state index contributed by atoms with van der Waals surface area (Å²) < 4.78 is 7.84. The van der Waals surface area contributed by atoms with Crippen LogP contribution in [0.25, 0.3) is 0 Å². The van der Waals surface area contributed by atoms with Gasteiger partial charge in [-0.3, -0.25) is 4.68 Å². The van der Waals surface area contributed by atoms with Crippen LogP contribution < -0.4 is 4.74 Å². The van der Waals surface area contributed by atoms with Crippen LogP contribution in [0.15, 0.2) is 35.7 Å². The van der Waals surface area contributed by atoms with E-state index in [1.165, 1.54) is 0 Å². The van der Waals surface area contributed by atoms with Gasteiger partial charge in [-0.2, -0.15) is 5.10 Å². The average molecular weight is 285 g/mol. The Bertz CT molecular complexity index is 661. The van der Waals surface area contributed by atoms with Gasteiger partial charge in [-0.05, 0) is 32.3 Å². The largest absolute Gasteiger partial charge is 0.488 e. The molecule has 0 radical (unpaired) electrons. The maximum Gasteiger partial charge on any atom is 0.123 e. The van der Waals surface area contributed by atoms with Crippen molar-refractivity contribution in [3.05, 3.63) is 47.3 Å². The van der Waals surface area contributed by atoms with E-state index in [4.69, 9.17) is 9.94 Å². The fraction of sp³-hybridized carbons (Fsp3) is 0.375. The molecule has 0 atom stereocenters. The van der Waals surface area contributed by atoms with Gasteiger partial charge in [-0.15, -0.1) is 0 Å². The Morgan fingerprint density at radius 3 is 3.05 bits per heavy atom. The van der Waals surface area contributed by atoms with E-state index in [0.29, 0.717) is 6.61 Å². The summed E-state index contributed by atoms with van der Waals surface area (Å²) in [5.41, 5.74) is 3.95. The monoisotopic (exact) mass is 285 g/mol. The SMILES string of the molecule is CCn1cc(COc2cccc3c2CCCC3=NO)cn1. The van der Waals surface area contributed by atoms with E-state index in [9.17, 15) is 0 Å². The highest BCUT2D eigenvalue weighted by molar-refractivity contribution is 6.02. The third-order valence-electron chi connectivity index (χ3n) is 3.81. The molecule has 3 rings (SSSR count). The van der Waals surface area contributed by atoms with Crippen molar-refractivity contribution in [2.45, 2.75) is 39.3 Å². The summed E-state index contributed by atoms with van der Waals surface area (Å²) in [5.74, 6) is 0.873. The lowest BCUT2D eigenvalue weighted by Crippen LogP contribution is -2.13. The van der Waals surface area contributed by atoms with E-state index in [0.717, 1.165) is 54.0 Å². The van der Waals surface area contributed by atoms with E-state index >= 15 is 0 Å². The van der Waals surface area contributed by atoms with Crippen LogP contribution in [-0.2, 0) is 19.6 Å². The maximum atomic E-state index is 9.10. The van der Waals surface area contributed by atoms with E-state index < -0.39 is 0 Å². The number of aryl methyl sites for hydroxylation is 1. The first-order valence-corrected chi connectivity index (χ1v) is 7.29. The van der Waals surface area contributed by atoms with Crippen molar-refractivity contribution < 1.29 is 9.94 Å². The zero-order valence-electron chi connectivity index (χ0n) is 12.1. The van der Waals surface area contributed by atoms with Crippen molar-refractivity contribution >= 4 is 5.71 Å². The van der Waals surface area contributed by atoms with Gasteiger partial charge < -0.3 is 9.94 Å². The van der Waals surface area contributed by atoms with Crippen LogP contribution in [0.5, 0.6) is 5.75 Å². The van der Waals surface area contributed by atoms with Crippen LogP contribution in [0.2, 0.25) is 0 Å². The molecular formula is C16H19N3O2. The standard InChI is InChI=1S/C16H19N3O2/c1-2-19-10-12(9-17-19)11-21-16-8-4-5-13-14(16)6-3-7-15(13)18-20/h4-5,8-10,20H,2-3,6-7,11H2,1H3. The van der Waals surface area contributed by atoms with Crippen molar-refractivity contribution in [1.82, 2.24) is 9.78 Å². The van der Waals surface area contributed by atoms with Gasteiger partial charge >= 0.3 is 0 Å². The molecule has 110 valence electrons. The fourth-order valence-electron chi connectivity index (χ4n) is 2.72. The minimum Gasteiger partial charge on any atom is -0.488 e. The Morgan fingerprint density at radius 2 is 2.29 bits per heavy atom. The van der Waals surface area contributed by atoms with Crippen molar-refractivity contribution in [3.8, 4) is 5.75 Å². The van der Waals surface area contributed by atoms with Crippen molar-refractivity contribution in [3.63, 3.8) is 0 Å². The number of oxime groups is 1. The first-order valence-electron chi connectivity index (χ1n) is 7.29. The first kappa shape index (κ1) is 13.7. The molecule has 2 aromatic rings. The number of nitrogens with zero attached hydrogens (tertiary/aromatic N) is 3. The molecule has 1 aromatic carbocycles. The molecule has 0 spiro atoms. The van der Waals surface area contributed by atoms with Crippen molar-refractivity contribution in [2.75, 3.05) is 0 Å². The Kier molecular flexibility index (Phi) is 3.90. The molecule has 0 fully saturated rings. The first-order chi connectivity index (χ1) is 10.3. The molecule has 1 N–H and O–H groups in total. The van der Waals surface area contributed by atoms with Crippen LogP contribution >= 0.6 is 0 Å². The summed E-state index contributed by atoms with van der Waals surface area (Å²) in [7, 11) is 0. The van der Waals surface area contributed by atoms with Crippen LogP contribution in [0.4, 0.5) is 0 Å². The summed E-state index contributed by atoms with van der Waals surface area (Å²) in [4.78, 5) is 0. The number of benzene rings is 1. The van der Waals surface area contributed by atoms with Crippen LogP contribution in [0, 0.1) is 0 Å². The van der Waals surface area contributed by atoms with Crippen LogP contribution in [0.1, 0.15) is 36.5 Å². The minimum atomic E-state index is 0.502. The summed E-state index contributed by atoms with van der Waals surface area (Å²) in [6, 6.07) is 5.91. The van der Waals surface area contributed by atoms with Gasteiger partial charge in [-0.1, -0.05) is 17.3 Å². The molecule has 1 aromatic heterocycles. The smallest absolute Gasteiger partial charge is 0.123 e. The summed E-state index contributed by atoms with van der Waals surface area (Å²) in [5, 5.41) is 16.8. The molecule has 21 heavy (non-hydrogen) atoms. The normalized spacial score (nSPS) is 16.0. The molecule has 1 heterocycles. The molecule has 0 bridgehead atoms. The van der Waals surface area contributed by atoms with Gasteiger partial charge in [0.1, 0.15) is 12.4 Å². The lowest BCUT2D eigenvalue weighted by molar-refractivity contribution is 0.301. The molecular weight excluding hydrogens is 266 g/mol. The summed E-state index contributed by atoms with van der Waals surface area (Å²) in [6.45, 7) is 3.42. The quantitative estimate of drug-likeness (QED) is 0.694. The molecule has 0 amide bonds. The maximum absolute atomic E-state index is 9.10. The molecule has 0 saturated carbocycles. The summed E-state index contributed by atoms with van der Waals surface area (Å²) >= 11 is 0. The van der Waals surface area contributed by atoms with E-state index in [1.54, 1.807) is 0 Å². The zero-order valence-corrected chi connectivity index (χ0v) is 12.1. The molecule has 1 aliphatic carbocycles. The number of hydrogen-bond acceptors (Lipinski definition) is 4. The second-order valence-corrected chi connectivity index (χ2v) is 5.18. The second-order valence-electron chi connectivity index (χ2n) is 5.18. The highest BCUT2D eigenvalue weighted by atomic mass is 16.5. The zero-order chi connectivity index (χ0) is 14.7. The van der Waals surface area contributed by atoms with Crippen molar-refractivity contribution in [2.24, 2.45) is 5.16 Å². The Balaban J connectivity index is 1.80. The number of ether oxygens (including phenoxy) is 1. The molecule has 5 heteroatoms.